The van der Waals surface area contributed by atoms with Gasteiger partial charge in [0.05, 0.1) is 18.1 Å². The van der Waals surface area contributed by atoms with Gasteiger partial charge in [-0.15, -0.1) is 0 Å². The summed E-state index contributed by atoms with van der Waals surface area (Å²) < 4.78 is 39.9. The maximum atomic E-state index is 13.6. The number of ether oxygens (including phenoxy) is 2. The molecule has 1 atom stereocenters. The van der Waals surface area contributed by atoms with Crippen molar-refractivity contribution < 1.29 is 17.9 Å². The first-order chi connectivity index (χ1) is 15.3. The second-order valence-corrected chi connectivity index (χ2v) is 10.7. The third kappa shape index (κ3) is 3.86. The average Bonchev–Trinajstić information content (AvgIpc) is 3.20. The maximum absolute atomic E-state index is 13.6. The van der Waals surface area contributed by atoms with Gasteiger partial charge >= 0.3 is 0 Å². The van der Waals surface area contributed by atoms with E-state index in [4.69, 9.17) is 9.47 Å². The van der Waals surface area contributed by atoms with Crippen molar-refractivity contribution in [1.29, 1.82) is 0 Å². The van der Waals surface area contributed by atoms with Gasteiger partial charge in [0.15, 0.2) is 0 Å². The number of methoxy groups -OCH3 is 2. The molecule has 6 heteroatoms. The molecule has 1 heterocycles. The molecule has 1 aliphatic carbocycles. The maximum Gasteiger partial charge on any atom is 0.243 e. The van der Waals surface area contributed by atoms with Crippen LogP contribution in [0.5, 0.6) is 0 Å². The van der Waals surface area contributed by atoms with Crippen LogP contribution in [0.4, 0.5) is 0 Å². The molecular weight excluding hydrogens is 422 g/mol. The predicted octanol–water partition coefficient (Wildman–Crippen LogP) is 4.25. The van der Waals surface area contributed by atoms with Gasteiger partial charge in [-0.1, -0.05) is 48.0 Å². The quantitative estimate of drug-likeness (QED) is 0.629. The van der Waals surface area contributed by atoms with Crippen molar-refractivity contribution in [2.75, 3.05) is 40.5 Å². The van der Waals surface area contributed by atoms with Crippen molar-refractivity contribution in [2.45, 2.75) is 30.6 Å². The standard InChI is InChI=1S/C26H31NO4S/c1-19-10-12-23(13-11-19)32(28,29)27-15-25-20(2)24(17-31-4)21(16-30-3)14-26(25,18-27)22-8-6-5-7-9-22/h5-13H,14-18H2,1-4H3. The molecule has 1 unspecified atom stereocenters. The predicted molar refractivity (Wildman–Crippen MR) is 126 cm³/mol. The van der Waals surface area contributed by atoms with E-state index >= 15 is 0 Å². The zero-order valence-electron chi connectivity index (χ0n) is 19.2. The summed E-state index contributed by atoms with van der Waals surface area (Å²) in [4.78, 5) is 0.338. The van der Waals surface area contributed by atoms with E-state index in [-0.39, 0.29) is 0 Å². The van der Waals surface area contributed by atoms with Crippen molar-refractivity contribution >= 4 is 10.0 Å². The Labute approximate surface area is 191 Å². The van der Waals surface area contributed by atoms with Crippen molar-refractivity contribution in [1.82, 2.24) is 4.31 Å². The molecule has 2 aliphatic rings. The average molecular weight is 454 g/mol. The molecule has 0 saturated carbocycles. The molecule has 0 radical (unpaired) electrons. The Hall–Kier alpha value is -2.25. The van der Waals surface area contributed by atoms with Crippen LogP contribution in [-0.4, -0.2) is 53.2 Å². The molecular formula is C26H31NO4S. The molecule has 2 aromatic rings. The van der Waals surface area contributed by atoms with Crippen molar-refractivity contribution in [3.8, 4) is 0 Å². The fourth-order valence-corrected chi connectivity index (χ4v) is 6.63. The SMILES string of the molecule is COCC1=C(COC)C(C)=C2CN(S(=O)(=O)c3ccc(C)cc3)CC2(c2ccccc2)C1. The zero-order valence-corrected chi connectivity index (χ0v) is 20.0. The fourth-order valence-electron chi connectivity index (χ4n) is 5.16. The fraction of sp³-hybridized carbons (Fsp3) is 0.385. The molecule has 1 saturated heterocycles. The van der Waals surface area contributed by atoms with Crippen molar-refractivity contribution in [3.05, 3.63) is 88.0 Å². The number of rotatable bonds is 7. The summed E-state index contributed by atoms with van der Waals surface area (Å²) in [5.74, 6) is 0. The van der Waals surface area contributed by atoms with E-state index < -0.39 is 15.4 Å². The molecule has 170 valence electrons. The minimum Gasteiger partial charge on any atom is -0.380 e. The molecule has 1 fully saturated rings. The number of hydrogen-bond acceptors (Lipinski definition) is 4. The van der Waals surface area contributed by atoms with Crippen LogP contribution in [-0.2, 0) is 24.9 Å². The topological polar surface area (TPSA) is 55.8 Å². The molecule has 0 amide bonds. The molecule has 32 heavy (non-hydrogen) atoms. The molecule has 1 aliphatic heterocycles. The van der Waals surface area contributed by atoms with Gasteiger partial charge in [-0.3, -0.25) is 0 Å². The highest BCUT2D eigenvalue weighted by atomic mass is 32.2. The first-order valence-corrected chi connectivity index (χ1v) is 12.3. The third-order valence-electron chi connectivity index (χ3n) is 6.80. The van der Waals surface area contributed by atoms with Crippen molar-refractivity contribution in [3.63, 3.8) is 0 Å². The van der Waals surface area contributed by atoms with Gasteiger partial charge in [0.1, 0.15) is 0 Å². The van der Waals surface area contributed by atoms with E-state index in [2.05, 4.69) is 19.1 Å². The Morgan fingerprint density at radius 1 is 0.938 bits per heavy atom. The molecule has 4 rings (SSSR count). The van der Waals surface area contributed by atoms with E-state index in [0.29, 0.717) is 31.2 Å². The minimum absolute atomic E-state index is 0.338. The second kappa shape index (κ2) is 8.94. The number of benzene rings is 2. The van der Waals surface area contributed by atoms with Crippen LogP contribution in [0.25, 0.3) is 0 Å². The van der Waals surface area contributed by atoms with Gasteiger partial charge in [-0.2, -0.15) is 4.31 Å². The second-order valence-electron chi connectivity index (χ2n) is 8.76. The highest BCUT2D eigenvalue weighted by Gasteiger charge is 2.50. The van der Waals surface area contributed by atoms with Gasteiger partial charge in [0.25, 0.3) is 0 Å². The lowest BCUT2D eigenvalue weighted by molar-refractivity contribution is 0.205. The zero-order chi connectivity index (χ0) is 22.9. The van der Waals surface area contributed by atoms with E-state index in [0.717, 1.165) is 34.3 Å². The van der Waals surface area contributed by atoms with Crippen LogP contribution in [0, 0.1) is 6.92 Å². The largest absolute Gasteiger partial charge is 0.380 e. The molecule has 0 bridgehead atoms. The first kappa shape index (κ1) is 22.9. The first-order valence-electron chi connectivity index (χ1n) is 10.8. The van der Waals surface area contributed by atoms with Gasteiger partial charge in [-0.05, 0) is 60.3 Å². The van der Waals surface area contributed by atoms with Gasteiger partial charge < -0.3 is 9.47 Å². The Balaban J connectivity index is 1.84. The summed E-state index contributed by atoms with van der Waals surface area (Å²) in [5.41, 5.74) is 6.35. The smallest absolute Gasteiger partial charge is 0.243 e. The lowest BCUT2D eigenvalue weighted by Crippen LogP contribution is -2.37. The van der Waals surface area contributed by atoms with E-state index in [1.54, 1.807) is 30.7 Å². The summed E-state index contributed by atoms with van der Waals surface area (Å²) >= 11 is 0. The number of sulfonamides is 1. The molecule has 5 nitrogen and oxygen atoms in total. The summed E-state index contributed by atoms with van der Waals surface area (Å²) in [5, 5.41) is 0. The molecule has 2 aromatic carbocycles. The van der Waals surface area contributed by atoms with Crippen LogP contribution in [0.2, 0.25) is 0 Å². The molecule has 0 aromatic heterocycles. The number of aryl methyl sites for hydroxylation is 1. The Morgan fingerprint density at radius 2 is 1.59 bits per heavy atom. The summed E-state index contributed by atoms with van der Waals surface area (Å²) in [6.07, 6.45) is 0.718. The van der Waals surface area contributed by atoms with Gasteiger partial charge in [0, 0.05) is 32.7 Å². The van der Waals surface area contributed by atoms with Crippen LogP contribution in [0.3, 0.4) is 0 Å². The highest BCUT2D eigenvalue weighted by Crippen LogP contribution is 2.51. The van der Waals surface area contributed by atoms with E-state index in [1.807, 2.05) is 37.3 Å². The Bertz CT molecular complexity index is 1150. The van der Waals surface area contributed by atoms with Crippen LogP contribution < -0.4 is 0 Å². The van der Waals surface area contributed by atoms with Crippen molar-refractivity contribution in [2.24, 2.45) is 0 Å². The number of fused-ring (bicyclic) bond motifs is 1. The molecule has 0 spiro atoms. The van der Waals surface area contributed by atoms with Crippen LogP contribution >= 0.6 is 0 Å². The van der Waals surface area contributed by atoms with Crippen LogP contribution in [0.1, 0.15) is 24.5 Å². The lowest BCUT2D eigenvalue weighted by atomic mass is 9.66. The van der Waals surface area contributed by atoms with Gasteiger partial charge in [-0.25, -0.2) is 8.42 Å². The van der Waals surface area contributed by atoms with E-state index in [9.17, 15) is 8.42 Å². The number of hydrogen-bond donors (Lipinski definition) is 0. The summed E-state index contributed by atoms with van der Waals surface area (Å²) in [6, 6.07) is 17.4. The monoisotopic (exact) mass is 453 g/mol. The minimum atomic E-state index is -3.62. The number of nitrogens with zero attached hydrogens (tertiary/aromatic N) is 1. The van der Waals surface area contributed by atoms with Gasteiger partial charge in [0.2, 0.25) is 10.0 Å². The molecule has 0 N–H and O–H groups in total. The highest BCUT2D eigenvalue weighted by molar-refractivity contribution is 7.89. The van der Waals surface area contributed by atoms with E-state index in [1.165, 1.54) is 5.57 Å². The van der Waals surface area contributed by atoms with Crippen LogP contribution in [0.15, 0.2) is 81.8 Å². The Kier molecular flexibility index (Phi) is 6.41. The summed E-state index contributed by atoms with van der Waals surface area (Å²) in [7, 11) is -0.235. The Morgan fingerprint density at radius 3 is 2.22 bits per heavy atom. The third-order valence-corrected chi connectivity index (χ3v) is 8.60. The lowest BCUT2D eigenvalue weighted by Gasteiger charge is -2.38. The summed E-state index contributed by atoms with van der Waals surface area (Å²) in [6.45, 7) is 5.84. The normalized spacial score (nSPS) is 21.9.